The molecule has 0 heterocycles. The van der Waals surface area contributed by atoms with Gasteiger partial charge in [0.1, 0.15) is 5.75 Å². The Balaban J connectivity index is 1.86. The van der Waals surface area contributed by atoms with E-state index in [1.54, 1.807) is 0 Å². The molecule has 0 aliphatic rings. The van der Waals surface area contributed by atoms with E-state index in [0.717, 1.165) is 24.0 Å². The van der Waals surface area contributed by atoms with Crippen molar-refractivity contribution in [2.75, 3.05) is 6.61 Å². The lowest BCUT2D eigenvalue weighted by atomic mass is 9.94. The molecule has 5 heteroatoms. The second kappa shape index (κ2) is 10.2. The number of nitrogens with one attached hydrogen (secondary N) is 2. The standard InChI is InChI=1S/C21H26N2O3/c1-3-10-18(17-12-6-5-7-13-17)21(25)23-22-20(24)15-26-19-14-9-8-11-16(19)4-2/h5-9,11-14,18H,3-4,10,15H2,1-2H3,(H,22,24)(H,23,25). The van der Waals surface area contributed by atoms with Crippen molar-refractivity contribution in [2.45, 2.75) is 39.0 Å². The van der Waals surface area contributed by atoms with E-state index in [-0.39, 0.29) is 18.4 Å². The van der Waals surface area contributed by atoms with E-state index in [1.807, 2.05) is 68.4 Å². The van der Waals surface area contributed by atoms with Crippen LogP contribution in [0.15, 0.2) is 54.6 Å². The van der Waals surface area contributed by atoms with E-state index < -0.39 is 5.91 Å². The lowest BCUT2D eigenvalue weighted by molar-refractivity contribution is -0.130. The first-order valence-electron chi connectivity index (χ1n) is 9.00. The number of aryl methyl sites for hydroxylation is 1. The first kappa shape index (κ1) is 19.5. The molecule has 138 valence electrons. The molecule has 5 nitrogen and oxygen atoms in total. The Hall–Kier alpha value is -2.82. The van der Waals surface area contributed by atoms with Gasteiger partial charge in [-0.3, -0.25) is 20.4 Å². The van der Waals surface area contributed by atoms with Crippen LogP contribution < -0.4 is 15.6 Å². The number of hydrogen-bond donors (Lipinski definition) is 2. The van der Waals surface area contributed by atoms with Crippen molar-refractivity contribution in [3.63, 3.8) is 0 Å². The van der Waals surface area contributed by atoms with Crippen LogP contribution in [0.1, 0.15) is 43.7 Å². The molecular formula is C21H26N2O3. The molecule has 0 saturated heterocycles. The fourth-order valence-corrected chi connectivity index (χ4v) is 2.76. The van der Waals surface area contributed by atoms with Gasteiger partial charge in [0.25, 0.3) is 5.91 Å². The minimum absolute atomic E-state index is 0.152. The molecule has 0 aliphatic heterocycles. The van der Waals surface area contributed by atoms with Gasteiger partial charge in [0, 0.05) is 0 Å². The highest BCUT2D eigenvalue weighted by molar-refractivity contribution is 5.86. The van der Waals surface area contributed by atoms with Gasteiger partial charge in [-0.15, -0.1) is 0 Å². The van der Waals surface area contributed by atoms with Crippen LogP contribution in [-0.2, 0) is 16.0 Å². The van der Waals surface area contributed by atoms with Crippen molar-refractivity contribution in [3.8, 4) is 5.75 Å². The Kier molecular flexibility index (Phi) is 7.68. The van der Waals surface area contributed by atoms with Crippen molar-refractivity contribution in [1.82, 2.24) is 10.9 Å². The first-order chi connectivity index (χ1) is 12.7. The summed E-state index contributed by atoms with van der Waals surface area (Å²) in [7, 11) is 0. The number of amides is 2. The topological polar surface area (TPSA) is 67.4 Å². The molecule has 0 bridgehead atoms. The molecule has 0 radical (unpaired) electrons. The smallest absolute Gasteiger partial charge is 0.276 e. The number of benzene rings is 2. The molecule has 0 spiro atoms. The molecule has 2 aromatic rings. The highest BCUT2D eigenvalue weighted by atomic mass is 16.5. The zero-order valence-electron chi connectivity index (χ0n) is 15.3. The average molecular weight is 354 g/mol. The van der Waals surface area contributed by atoms with Crippen molar-refractivity contribution >= 4 is 11.8 Å². The van der Waals surface area contributed by atoms with Crippen LogP contribution in [0.25, 0.3) is 0 Å². The molecule has 2 rings (SSSR count). The summed E-state index contributed by atoms with van der Waals surface area (Å²) in [6.45, 7) is 3.90. The maximum atomic E-state index is 12.4. The van der Waals surface area contributed by atoms with E-state index in [4.69, 9.17) is 4.74 Å². The van der Waals surface area contributed by atoms with Gasteiger partial charge < -0.3 is 4.74 Å². The molecular weight excluding hydrogens is 328 g/mol. The molecule has 26 heavy (non-hydrogen) atoms. The Bertz CT molecular complexity index is 716. The van der Waals surface area contributed by atoms with Gasteiger partial charge >= 0.3 is 0 Å². The normalized spacial score (nSPS) is 11.5. The van der Waals surface area contributed by atoms with Crippen LogP contribution in [0.3, 0.4) is 0 Å². The molecule has 0 aliphatic carbocycles. The fraction of sp³-hybridized carbons (Fsp3) is 0.333. The summed E-state index contributed by atoms with van der Waals surface area (Å²) < 4.78 is 5.55. The minimum atomic E-state index is -0.396. The zero-order chi connectivity index (χ0) is 18.8. The lowest BCUT2D eigenvalue weighted by Gasteiger charge is -2.17. The lowest BCUT2D eigenvalue weighted by Crippen LogP contribution is -2.45. The molecule has 2 aromatic carbocycles. The monoisotopic (exact) mass is 354 g/mol. The second-order valence-electron chi connectivity index (χ2n) is 6.04. The summed E-state index contributed by atoms with van der Waals surface area (Å²) >= 11 is 0. The van der Waals surface area contributed by atoms with E-state index in [0.29, 0.717) is 12.2 Å². The van der Waals surface area contributed by atoms with E-state index in [2.05, 4.69) is 10.9 Å². The SMILES string of the molecule is CCCC(C(=O)NNC(=O)COc1ccccc1CC)c1ccccc1. The summed E-state index contributed by atoms with van der Waals surface area (Å²) in [5.41, 5.74) is 6.92. The molecule has 1 unspecified atom stereocenters. The average Bonchev–Trinajstić information content (AvgIpc) is 2.69. The van der Waals surface area contributed by atoms with Gasteiger partial charge in [0.15, 0.2) is 6.61 Å². The number of para-hydroxylation sites is 1. The third-order valence-electron chi connectivity index (χ3n) is 4.13. The number of hydrazine groups is 1. The van der Waals surface area contributed by atoms with Crippen molar-refractivity contribution in [2.24, 2.45) is 0 Å². The quantitative estimate of drug-likeness (QED) is 0.714. The Morgan fingerprint density at radius 3 is 2.35 bits per heavy atom. The summed E-state index contributed by atoms with van der Waals surface area (Å²) in [6.07, 6.45) is 2.41. The summed E-state index contributed by atoms with van der Waals surface area (Å²) in [5.74, 6) is -0.221. The zero-order valence-corrected chi connectivity index (χ0v) is 15.3. The van der Waals surface area contributed by atoms with Crippen LogP contribution >= 0.6 is 0 Å². The van der Waals surface area contributed by atoms with Crippen molar-refractivity contribution in [3.05, 3.63) is 65.7 Å². The first-order valence-corrected chi connectivity index (χ1v) is 9.00. The summed E-state index contributed by atoms with van der Waals surface area (Å²) in [5, 5.41) is 0. The number of ether oxygens (including phenoxy) is 1. The van der Waals surface area contributed by atoms with Crippen LogP contribution in [0, 0.1) is 0 Å². The minimum Gasteiger partial charge on any atom is -0.483 e. The van der Waals surface area contributed by atoms with Gasteiger partial charge in [-0.25, -0.2) is 0 Å². The van der Waals surface area contributed by atoms with Crippen LogP contribution in [-0.4, -0.2) is 18.4 Å². The van der Waals surface area contributed by atoms with Gasteiger partial charge in [0.2, 0.25) is 5.91 Å². The van der Waals surface area contributed by atoms with Gasteiger partial charge in [-0.05, 0) is 30.0 Å². The number of carbonyl (C=O) groups excluding carboxylic acids is 2. The Labute approximate surface area is 154 Å². The van der Waals surface area contributed by atoms with Crippen molar-refractivity contribution < 1.29 is 14.3 Å². The Morgan fingerprint density at radius 2 is 1.65 bits per heavy atom. The maximum Gasteiger partial charge on any atom is 0.276 e. The molecule has 2 N–H and O–H groups in total. The molecule has 0 aromatic heterocycles. The molecule has 0 saturated carbocycles. The largest absolute Gasteiger partial charge is 0.483 e. The van der Waals surface area contributed by atoms with Gasteiger partial charge in [-0.1, -0.05) is 68.8 Å². The van der Waals surface area contributed by atoms with E-state index >= 15 is 0 Å². The predicted octanol–water partition coefficient (Wildman–Crippen LogP) is 3.36. The highest BCUT2D eigenvalue weighted by Crippen LogP contribution is 2.21. The van der Waals surface area contributed by atoms with Crippen LogP contribution in [0.5, 0.6) is 5.75 Å². The number of hydrogen-bond acceptors (Lipinski definition) is 3. The molecule has 1 atom stereocenters. The van der Waals surface area contributed by atoms with Gasteiger partial charge in [-0.2, -0.15) is 0 Å². The van der Waals surface area contributed by atoms with Crippen LogP contribution in [0.2, 0.25) is 0 Å². The molecule has 2 amide bonds. The number of carbonyl (C=O) groups is 2. The summed E-state index contributed by atoms with van der Waals surface area (Å²) in [4.78, 5) is 24.4. The third kappa shape index (κ3) is 5.62. The van der Waals surface area contributed by atoms with E-state index in [1.165, 1.54) is 0 Å². The predicted molar refractivity (Wildman–Crippen MR) is 102 cm³/mol. The fourth-order valence-electron chi connectivity index (χ4n) is 2.76. The number of rotatable bonds is 8. The second-order valence-corrected chi connectivity index (χ2v) is 6.04. The van der Waals surface area contributed by atoms with E-state index in [9.17, 15) is 9.59 Å². The van der Waals surface area contributed by atoms with Crippen LogP contribution in [0.4, 0.5) is 0 Å². The maximum absolute atomic E-state index is 12.4. The Morgan fingerprint density at radius 1 is 0.962 bits per heavy atom. The van der Waals surface area contributed by atoms with Crippen molar-refractivity contribution in [1.29, 1.82) is 0 Å². The molecule has 0 fully saturated rings. The van der Waals surface area contributed by atoms with Gasteiger partial charge in [0.05, 0.1) is 5.92 Å². The highest BCUT2D eigenvalue weighted by Gasteiger charge is 2.20. The summed E-state index contributed by atoms with van der Waals surface area (Å²) in [6, 6.07) is 17.2. The third-order valence-corrected chi connectivity index (χ3v) is 4.13.